The van der Waals surface area contributed by atoms with Crippen LogP contribution < -0.4 is 10.6 Å². The molecule has 20 heavy (non-hydrogen) atoms. The van der Waals surface area contributed by atoms with Crippen LogP contribution in [0.25, 0.3) is 0 Å². The third-order valence-electron chi connectivity index (χ3n) is 6.96. The number of hydrogen-bond acceptors (Lipinski definition) is 2. The average Bonchev–Trinajstić information content (AvgIpc) is 3.22. The monoisotopic (exact) mass is 276 g/mol. The van der Waals surface area contributed by atoms with E-state index in [1.54, 1.807) is 12.8 Å². The summed E-state index contributed by atoms with van der Waals surface area (Å²) in [4.78, 5) is 0. The van der Waals surface area contributed by atoms with Crippen LogP contribution in [0, 0.1) is 23.7 Å². The maximum atomic E-state index is 4.02. The highest BCUT2D eigenvalue weighted by atomic mass is 15.0. The lowest BCUT2D eigenvalue weighted by atomic mass is 9.86. The summed E-state index contributed by atoms with van der Waals surface area (Å²) < 4.78 is 0. The Morgan fingerprint density at radius 1 is 0.900 bits per heavy atom. The molecule has 6 unspecified atom stereocenters. The van der Waals surface area contributed by atoms with Crippen LogP contribution in [0.4, 0.5) is 0 Å². The number of fused-ring (bicyclic) bond motifs is 2. The van der Waals surface area contributed by atoms with Crippen LogP contribution in [0.1, 0.15) is 64.2 Å². The summed E-state index contributed by atoms with van der Waals surface area (Å²) in [5, 5.41) is 7.82. The molecule has 0 spiro atoms. The Bertz CT molecular complexity index is 323. The largest absolute Gasteiger partial charge is 0.314 e. The van der Waals surface area contributed by atoms with Crippen molar-refractivity contribution in [3.63, 3.8) is 0 Å². The summed E-state index contributed by atoms with van der Waals surface area (Å²) >= 11 is 0. The molecule has 0 radical (unpaired) electrons. The van der Waals surface area contributed by atoms with Crippen molar-refractivity contribution in [3.05, 3.63) is 0 Å². The summed E-state index contributed by atoms with van der Waals surface area (Å²) in [5.74, 6) is 4.13. The number of rotatable bonds is 4. The van der Waals surface area contributed by atoms with Gasteiger partial charge in [-0.3, -0.25) is 0 Å². The van der Waals surface area contributed by atoms with Crippen LogP contribution in [0.5, 0.6) is 0 Å². The van der Waals surface area contributed by atoms with Crippen molar-refractivity contribution < 1.29 is 0 Å². The predicted octanol–water partition coefficient (Wildman–Crippen LogP) is 3.32. The third-order valence-corrected chi connectivity index (χ3v) is 6.96. The molecular weight excluding hydrogens is 244 g/mol. The molecule has 1 heterocycles. The smallest absolute Gasteiger partial charge is 0.0110 e. The molecule has 2 bridgehead atoms. The zero-order valence-electron chi connectivity index (χ0n) is 12.9. The molecule has 3 saturated carbocycles. The predicted molar refractivity (Wildman–Crippen MR) is 83.7 cm³/mol. The molecule has 2 N–H and O–H groups in total. The molecule has 2 heteroatoms. The summed E-state index contributed by atoms with van der Waals surface area (Å²) in [5.41, 5.74) is 0. The second-order valence-electron chi connectivity index (χ2n) is 8.10. The van der Waals surface area contributed by atoms with Gasteiger partial charge in [0.05, 0.1) is 0 Å². The molecule has 3 aliphatic carbocycles. The first kappa shape index (κ1) is 13.6. The number of piperidine rings is 1. The van der Waals surface area contributed by atoms with Crippen molar-refractivity contribution in [2.45, 2.75) is 76.3 Å². The average molecular weight is 276 g/mol. The van der Waals surface area contributed by atoms with Gasteiger partial charge in [0.15, 0.2) is 0 Å². The normalized spacial score (nSPS) is 48.0. The van der Waals surface area contributed by atoms with Crippen molar-refractivity contribution in [1.29, 1.82) is 0 Å². The van der Waals surface area contributed by atoms with E-state index in [-0.39, 0.29) is 0 Å². The van der Waals surface area contributed by atoms with Crippen molar-refractivity contribution >= 4 is 0 Å². The van der Waals surface area contributed by atoms with E-state index in [0.717, 1.165) is 35.8 Å². The minimum absolute atomic E-state index is 0.823. The molecule has 1 saturated heterocycles. The molecule has 0 amide bonds. The number of nitrogens with one attached hydrogen (secondary N) is 2. The SMILES string of the molecule is C1CCC(C2CCCC2NCC2CC3CCC2C3)NC1. The first-order valence-corrected chi connectivity index (χ1v) is 9.37. The minimum atomic E-state index is 0.823. The van der Waals surface area contributed by atoms with Crippen LogP contribution >= 0.6 is 0 Å². The van der Waals surface area contributed by atoms with Crippen LogP contribution in [-0.2, 0) is 0 Å². The van der Waals surface area contributed by atoms with Crippen LogP contribution in [0.2, 0.25) is 0 Å². The minimum Gasteiger partial charge on any atom is -0.314 e. The van der Waals surface area contributed by atoms with E-state index < -0.39 is 0 Å². The van der Waals surface area contributed by atoms with Gasteiger partial charge in [-0.2, -0.15) is 0 Å². The van der Waals surface area contributed by atoms with Crippen LogP contribution in [-0.4, -0.2) is 25.2 Å². The van der Waals surface area contributed by atoms with Gasteiger partial charge in [-0.25, -0.2) is 0 Å². The van der Waals surface area contributed by atoms with E-state index in [4.69, 9.17) is 0 Å². The van der Waals surface area contributed by atoms with E-state index in [1.807, 2.05) is 0 Å². The maximum absolute atomic E-state index is 4.02. The van der Waals surface area contributed by atoms with Gasteiger partial charge < -0.3 is 10.6 Å². The van der Waals surface area contributed by atoms with E-state index in [1.165, 1.54) is 64.5 Å². The first-order valence-electron chi connectivity index (χ1n) is 9.37. The lowest BCUT2D eigenvalue weighted by Gasteiger charge is -2.34. The fourth-order valence-corrected chi connectivity index (χ4v) is 5.90. The van der Waals surface area contributed by atoms with Gasteiger partial charge >= 0.3 is 0 Å². The molecule has 0 aromatic heterocycles. The van der Waals surface area contributed by atoms with Crippen molar-refractivity contribution in [2.24, 2.45) is 23.7 Å². The molecule has 4 fully saturated rings. The van der Waals surface area contributed by atoms with Gasteiger partial charge in [0.25, 0.3) is 0 Å². The fraction of sp³-hybridized carbons (Fsp3) is 1.00. The molecule has 4 rings (SSSR count). The van der Waals surface area contributed by atoms with E-state index >= 15 is 0 Å². The summed E-state index contributed by atoms with van der Waals surface area (Å²) in [6.45, 7) is 2.59. The summed E-state index contributed by atoms with van der Waals surface area (Å²) in [7, 11) is 0. The summed E-state index contributed by atoms with van der Waals surface area (Å²) in [6, 6.07) is 1.65. The Labute approximate surface area is 124 Å². The zero-order chi connectivity index (χ0) is 13.4. The highest BCUT2D eigenvalue weighted by molar-refractivity contribution is 4.95. The van der Waals surface area contributed by atoms with Gasteiger partial charge in [0, 0.05) is 12.1 Å². The summed E-state index contributed by atoms with van der Waals surface area (Å²) in [6.07, 6.45) is 14.8. The number of hydrogen-bond donors (Lipinski definition) is 2. The lowest BCUT2D eigenvalue weighted by molar-refractivity contribution is 0.238. The Kier molecular flexibility index (Phi) is 4.05. The van der Waals surface area contributed by atoms with Crippen LogP contribution in [0.15, 0.2) is 0 Å². The Morgan fingerprint density at radius 2 is 1.90 bits per heavy atom. The standard InChI is InChI=1S/C18H32N2/c1-2-9-19-17(5-1)16-4-3-6-18(16)20-12-15-11-13-7-8-14(15)10-13/h13-20H,1-12H2. The second kappa shape index (κ2) is 5.96. The molecule has 4 aliphatic rings. The van der Waals surface area contributed by atoms with Crippen molar-refractivity contribution in [2.75, 3.05) is 13.1 Å². The maximum Gasteiger partial charge on any atom is 0.0110 e. The van der Waals surface area contributed by atoms with E-state index in [9.17, 15) is 0 Å². The molecule has 114 valence electrons. The molecule has 0 aromatic carbocycles. The Balaban J connectivity index is 1.29. The quantitative estimate of drug-likeness (QED) is 0.823. The topological polar surface area (TPSA) is 24.1 Å². The van der Waals surface area contributed by atoms with Gasteiger partial charge in [-0.05, 0) is 81.7 Å². The van der Waals surface area contributed by atoms with Gasteiger partial charge in [0.1, 0.15) is 0 Å². The van der Waals surface area contributed by atoms with Gasteiger partial charge in [-0.15, -0.1) is 0 Å². The van der Waals surface area contributed by atoms with Gasteiger partial charge in [-0.1, -0.05) is 19.3 Å². The molecule has 2 nitrogen and oxygen atoms in total. The third kappa shape index (κ3) is 2.66. The van der Waals surface area contributed by atoms with Crippen molar-refractivity contribution in [1.82, 2.24) is 10.6 Å². The van der Waals surface area contributed by atoms with Gasteiger partial charge in [0.2, 0.25) is 0 Å². The highest BCUT2D eigenvalue weighted by Gasteiger charge is 2.40. The highest BCUT2D eigenvalue weighted by Crippen LogP contribution is 2.48. The second-order valence-corrected chi connectivity index (χ2v) is 8.10. The van der Waals surface area contributed by atoms with E-state index in [0.29, 0.717) is 0 Å². The molecular formula is C18H32N2. The molecule has 6 atom stereocenters. The lowest BCUT2D eigenvalue weighted by Crippen LogP contribution is -2.47. The zero-order valence-corrected chi connectivity index (χ0v) is 12.9. The first-order chi connectivity index (χ1) is 9.90. The molecule has 0 aromatic rings. The van der Waals surface area contributed by atoms with E-state index in [2.05, 4.69) is 10.6 Å². The fourth-order valence-electron chi connectivity index (χ4n) is 5.90. The van der Waals surface area contributed by atoms with Crippen LogP contribution in [0.3, 0.4) is 0 Å². The Morgan fingerprint density at radius 3 is 2.65 bits per heavy atom. The Hall–Kier alpha value is -0.0800. The molecule has 1 aliphatic heterocycles. The van der Waals surface area contributed by atoms with Crippen molar-refractivity contribution in [3.8, 4) is 0 Å².